The van der Waals surface area contributed by atoms with E-state index >= 15 is 0 Å². The maximum absolute atomic E-state index is 10.2. The fourth-order valence-corrected chi connectivity index (χ4v) is 1.38. The third kappa shape index (κ3) is 5.45. The first-order valence-corrected chi connectivity index (χ1v) is 5.10. The maximum Gasteiger partial charge on any atom is 0.267 e. The van der Waals surface area contributed by atoms with E-state index in [4.69, 9.17) is 15.4 Å². The van der Waals surface area contributed by atoms with Gasteiger partial charge >= 0.3 is 0 Å². The summed E-state index contributed by atoms with van der Waals surface area (Å²) in [6.07, 6.45) is -1.26. The predicted molar refractivity (Wildman–Crippen MR) is 44.3 cm³/mol. The van der Waals surface area contributed by atoms with Gasteiger partial charge < -0.3 is 10.8 Å². The number of thiol groups is 1. The van der Waals surface area contributed by atoms with E-state index in [9.17, 15) is 8.42 Å². The molecule has 0 radical (unpaired) electrons. The first-order valence-electron chi connectivity index (χ1n) is 2.86. The Morgan fingerprint density at radius 2 is 2.00 bits per heavy atom. The van der Waals surface area contributed by atoms with E-state index in [0.29, 0.717) is 0 Å². The molecule has 11 heavy (non-hydrogen) atoms. The molecule has 5 nitrogen and oxygen atoms in total. The fourth-order valence-electron chi connectivity index (χ4n) is 0.461. The lowest BCUT2D eigenvalue weighted by Gasteiger charge is -2.14. The summed E-state index contributed by atoms with van der Waals surface area (Å²) in [6, 6.07) is -0.736. The molecule has 0 unspecified atom stereocenters. The normalized spacial score (nSPS) is 17.8. The van der Waals surface area contributed by atoms with Gasteiger partial charge in [-0.2, -0.15) is 21.0 Å². The molecule has 0 aliphatic rings. The van der Waals surface area contributed by atoms with Crippen LogP contribution in [0.4, 0.5) is 0 Å². The molecule has 7 heteroatoms. The molecular weight excluding hydrogens is 190 g/mol. The van der Waals surface area contributed by atoms with Gasteiger partial charge in [0.15, 0.2) is 0 Å². The molecule has 0 bridgehead atoms. The summed E-state index contributed by atoms with van der Waals surface area (Å²) in [5, 5.41) is 8.94. The van der Waals surface area contributed by atoms with E-state index in [0.717, 1.165) is 0 Å². The minimum absolute atomic E-state index is 0.163. The highest BCUT2D eigenvalue weighted by molar-refractivity contribution is 7.85. The third-order valence-corrected chi connectivity index (χ3v) is 2.27. The van der Waals surface area contributed by atoms with Crippen LogP contribution in [0.2, 0.25) is 0 Å². The van der Waals surface area contributed by atoms with Crippen molar-refractivity contribution in [2.75, 3.05) is 11.5 Å². The molecule has 0 aromatic heterocycles. The summed E-state index contributed by atoms with van der Waals surface area (Å²) in [5.41, 5.74) is 5.22. The van der Waals surface area contributed by atoms with Gasteiger partial charge in [-0.1, -0.05) is 0 Å². The van der Waals surface area contributed by atoms with Crippen LogP contribution in [0.25, 0.3) is 0 Å². The zero-order valence-corrected chi connectivity index (χ0v) is 7.42. The van der Waals surface area contributed by atoms with Gasteiger partial charge in [-0.05, 0) is 0 Å². The summed E-state index contributed by atoms with van der Waals surface area (Å²) < 4.78 is 28.6. The van der Waals surface area contributed by atoms with Crippen LogP contribution in [0, 0.1) is 0 Å². The van der Waals surface area contributed by atoms with Crippen molar-refractivity contribution in [2.24, 2.45) is 5.73 Å². The molecule has 4 N–H and O–H groups in total. The molecule has 0 spiro atoms. The SMILES string of the molecule is N[C@@H](CS)[C@@H](O)CS(=O)(=O)O. The molecule has 0 aromatic rings. The molecular formula is C4H11NO4S2. The van der Waals surface area contributed by atoms with Crippen molar-refractivity contribution < 1.29 is 18.1 Å². The molecule has 0 saturated carbocycles. The fraction of sp³-hybridized carbons (Fsp3) is 1.00. The lowest BCUT2D eigenvalue weighted by Crippen LogP contribution is -2.40. The maximum atomic E-state index is 10.2. The van der Waals surface area contributed by atoms with Crippen LogP contribution in [-0.4, -0.2) is 41.7 Å². The van der Waals surface area contributed by atoms with E-state index < -0.39 is 28.0 Å². The highest BCUT2D eigenvalue weighted by Gasteiger charge is 2.19. The van der Waals surface area contributed by atoms with E-state index in [1.807, 2.05) is 0 Å². The molecule has 0 aromatic carbocycles. The quantitative estimate of drug-likeness (QED) is 0.327. The molecule has 0 amide bonds. The summed E-state index contributed by atoms with van der Waals surface area (Å²) in [5.74, 6) is -0.578. The summed E-state index contributed by atoms with van der Waals surface area (Å²) in [4.78, 5) is 0. The predicted octanol–water partition coefficient (Wildman–Crippen LogP) is -1.51. The van der Waals surface area contributed by atoms with Crippen LogP contribution in [0.15, 0.2) is 0 Å². The summed E-state index contributed by atoms with van der Waals surface area (Å²) in [6.45, 7) is 0. The standard InChI is InChI=1S/C4H11NO4S2/c5-3(1-10)4(6)2-11(7,8)9/h3-4,6,10H,1-2,5H2,(H,7,8,9)/t3-,4-/m0/s1. The van der Waals surface area contributed by atoms with E-state index in [2.05, 4.69) is 12.6 Å². The number of hydrogen-bond acceptors (Lipinski definition) is 5. The number of hydrogen-bond donors (Lipinski definition) is 4. The molecule has 0 rings (SSSR count). The minimum Gasteiger partial charge on any atom is -0.390 e. The van der Waals surface area contributed by atoms with Crippen molar-refractivity contribution in [1.82, 2.24) is 0 Å². The van der Waals surface area contributed by atoms with Crippen molar-refractivity contribution in [2.45, 2.75) is 12.1 Å². The van der Waals surface area contributed by atoms with Gasteiger partial charge in [0.05, 0.1) is 6.10 Å². The zero-order valence-electron chi connectivity index (χ0n) is 5.71. The third-order valence-electron chi connectivity index (χ3n) is 1.09. The minimum atomic E-state index is -4.14. The molecule has 0 aliphatic heterocycles. The van der Waals surface area contributed by atoms with Crippen molar-refractivity contribution in [3.05, 3.63) is 0 Å². The van der Waals surface area contributed by atoms with Crippen LogP contribution >= 0.6 is 12.6 Å². The van der Waals surface area contributed by atoms with Gasteiger partial charge in [0.25, 0.3) is 10.1 Å². The lowest BCUT2D eigenvalue weighted by molar-refractivity contribution is 0.172. The van der Waals surface area contributed by atoms with Crippen molar-refractivity contribution in [1.29, 1.82) is 0 Å². The number of aliphatic hydroxyl groups is 1. The monoisotopic (exact) mass is 201 g/mol. The van der Waals surface area contributed by atoms with Gasteiger partial charge in [0.2, 0.25) is 0 Å². The van der Waals surface area contributed by atoms with Crippen LogP contribution in [-0.2, 0) is 10.1 Å². The van der Waals surface area contributed by atoms with Crippen molar-refractivity contribution >= 4 is 22.7 Å². The molecule has 68 valence electrons. The topological polar surface area (TPSA) is 101 Å². The first-order chi connectivity index (χ1) is 4.87. The van der Waals surface area contributed by atoms with Gasteiger partial charge in [-0.25, -0.2) is 0 Å². The van der Waals surface area contributed by atoms with Crippen molar-refractivity contribution in [3.63, 3.8) is 0 Å². The Kier molecular flexibility index (Phi) is 4.34. The molecule has 0 fully saturated rings. The van der Waals surface area contributed by atoms with Gasteiger partial charge in [-0.15, -0.1) is 0 Å². The Morgan fingerprint density at radius 1 is 1.55 bits per heavy atom. The summed E-state index contributed by atoms with van der Waals surface area (Å²) in [7, 11) is -4.14. The van der Waals surface area contributed by atoms with Crippen LogP contribution in [0.1, 0.15) is 0 Å². The highest BCUT2D eigenvalue weighted by atomic mass is 32.2. The number of aliphatic hydroxyl groups excluding tert-OH is 1. The Morgan fingerprint density at radius 3 is 2.27 bits per heavy atom. The van der Waals surface area contributed by atoms with E-state index in [1.165, 1.54) is 0 Å². The average Bonchev–Trinajstić information content (AvgIpc) is 1.82. The Hall–Kier alpha value is 0.180. The number of rotatable bonds is 4. The summed E-state index contributed by atoms with van der Waals surface area (Å²) >= 11 is 3.74. The second-order valence-electron chi connectivity index (χ2n) is 2.16. The number of nitrogens with two attached hydrogens (primary N) is 1. The largest absolute Gasteiger partial charge is 0.390 e. The zero-order chi connectivity index (χ0) is 9.07. The second kappa shape index (κ2) is 4.27. The van der Waals surface area contributed by atoms with E-state index in [-0.39, 0.29) is 5.75 Å². The van der Waals surface area contributed by atoms with Crippen LogP contribution in [0.3, 0.4) is 0 Å². The van der Waals surface area contributed by atoms with Gasteiger partial charge in [0, 0.05) is 11.8 Å². The second-order valence-corrected chi connectivity index (χ2v) is 4.02. The van der Waals surface area contributed by atoms with Gasteiger partial charge in [-0.3, -0.25) is 4.55 Å². The van der Waals surface area contributed by atoms with Crippen molar-refractivity contribution in [3.8, 4) is 0 Å². The molecule has 0 saturated heterocycles. The highest BCUT2D eigenvalue weighted by Crippen LogP contribution is 1.96. The molecule has 0 aliphatic carbocycles. The Bertz CT molecular complexity index is 202. The average molecular weight is 201 g/mol. The Balaban J connectivity index is 3.98. The molecule has 2 atom stereocenters. The first kappa shape index (κ1) is 11.2. The lowest BCUT2D eigenvalue weighted by atomic mass is 10.2. The van der Waals surface area contributed by atoms with Crippen LogP contribution in [0.5, 0.6) is 0 Å². The van der Waals surface area contributed by atoms with E-state index in [1.54, 1.807) is 0 Å². The molecule has 0 heterocycles. The van der Waals surface area contributed by atoms with Gasteiger partial charge in [0.1, 0.15) is 5.75 Å². The smallest absolute Gasteiger partial charge is 0.267 e. The Labute approximate surface area is 70.8 Å². The van der Waals surface area contributed by atoms with Crippen LogP contribution < -0.4 is 5.73 Å².